The summed E-state index contributed by atoms with van der Waals surface area (Å²) in [7, 11) is 1.59. The number of carbonyl (C=O) groups excluding carboxylic acids is 1. The molecule has 1 amide bonds. The molecule has 0 unspecified atom stereocenters. The van der Waals surface area contributed by atoms with Crippen molar-refractivity contribution in [3.63, 3.8) is 0 Å². The highest BCUT2D eigenvalue weighted by molar-refractivity contribution is 6.33. The first kappa shape index (κ1) is 18.6. The maximum Gasteiger partial charge on any atom is 0.282 e. The summed E-state index contributed by atoms with van der Waals surface area (Å²) in [6.45, 7) is 2.01. The fraction of sp³-hybridized carbons (Fsp3) is 0.0833. The molecule has 0 saturated heterocycles. The Labute approximate surface area is 168 Å². The molecule has 1 aliphatic rings. The molecule has 0 N–H and O–H groups in total. The van der Waals surface area contributed by atoms with Crippen LogP contribution in [0.25, 0.3) is 6.08 Å². The van der Waals surface area contributed by atoms with Gasteiger partial charge < -0.3 is 4.74 Å². The van der Waals surface area contributed by atoms with Crippen molar-refractivity contribution in [3.8, 4) is 5.75 Å². The van der Waals surface area contributed by atoms with E-state index in [0.29, 0.717) is 28.5 Å². The van der Waals surface area contributed by atoms with Crippen molar-refractivity contribution in [1.29, 1.82) is 0 Å². The lowest BCUT2D eigenvalue weighted by molar-refractivity contribution is -0.113. The molecule has 3 aromatic rings. The van der Waals surface area contributed by atoms with Crippen molar-refractivity contribution < 1.29 is 13.9 Å². The molecule has 0 atom stereocenters. The molecule has 0 radical (unpaired) electrons. The lowest BCUT2D eigenvalue weighted by Crippen LogP contribution is -2.32. The zero-order chi connectivity index (χ0) is 20.4. The minimum atomic E-state index is -0.343. The second-order valence-electron chi connectivity index (χ2n) is 6.72. The summed E-state index contributed by atoms with van der Waals surface area (Å²) < 4.78 is 18.6. The van der Waals surface area contributed by atoms with E-state index in [0.717, 1.165) is 11.1 Å². The molecule has 0 bridgehead atoms. The number of carbonyl (C=O) groups is 1. The Hall–Kier alpha value is -3.73. The third-order valence-electron chi connectivity index (χ3n) is 4.67. The Kier molecular flexibility index (Phi) is 4.96. The third kappa shape index (κ3) is 3.80. The third-order valence-corrected chi connectivity index (χ3v) is 4.67. The highest BCUT2D eigenvalue weighted by Gasteiger charge is 2.32. The van der Waals surface area contributed by atoms with Crippen LogP contribution in [-0.2, 0) is 4.79 Å². The Morgan fingerprint density at radius 3 is 2.21 bits per heavy atom. The average Bonchev–Trinajstić information content (AvgIpc) is 3.06. The summed E-state index contributed by atoms with van der Waals surface area (Å²) in [6.07, 6.45) is 1.76. The lowest BCUT2D eigenvalue weighted by Gasteiger charge is -2.18. The van der Waals surface area contributed by atoms with E-state index in [1.54, 1.807) is 49.6 Å². The first-order valence-corrected chi connectivity index (χ1v) is 9.16. The van der Waals surface area contributed by atoms with Crippen molar-refractivity contribution in [2.75, 3.05) is 12.0 Å². The van der Waals surface area contributed by atoms with E-state index in [1.165, 1.54) is 17.0 Å². The van der Waals surface area contributed by atoms with Crippen LogP contribution in [0.1, 0.15) is 16.7 Å². The summed E-state index contributed by atoms with van der Waals surface area (Å²) in [5, 5.41) is 0. The number of aliphatic imine (C=N–C) groups is 1. The van der Waals surface area contributed by atoms with Gasteiger partial charge in [0.15, 0.2) is 0 Å². The van der Waals surface area contributed by atoms with Gasteiger partial charge in [0.1, 0.15) is 23.1 Å². The van der Waals surface area contributed by atoms with Crippen molar-refractivity contribution in [2.45, 2.75) is 6.92 Å². The number of hydrogen-bond acceptors (Lipinski definition) is 3. The molecule has 29 heavy (non-hydrogen) atoms. The molecule has 0 aliphatic carbocycles. The maximum atomic E-state index is 13.4. The van der Waals surface area contributed by atoms with Crippen LogP contribution in [0.4, 0.5) is 10.1 Å². The zero-order valence-electron chi connectivity index (χ0n) is 16.1. The number of nitrogens with zero attached hydrogens (tertiary/aromatic N) is 2. The largest absolute Gasteiger partial charge is 0.497 e. The van der Waals surface area contributed by atoms with Gasteiger partial charge in [-0.05, 0) is 67.1 Å². The average molecular weight is 386 g/mol. The molecule has 0 saturated carbocycles. The fourth-order valence-electron chi connectivity index (χ4n) is 3.10. The summed E-state index contributed by atoms with van der Waals surface area (Å²) in [4.78, 5) is 19.3. The molecule has 4 nitrogen and oxygen atoms in total. The number of anilines is 1. The number of hydrogen-bond donors (Lipinski definition) is 0. The van der Waals surface area contributed by atoms with E-state index in [1.807, 2.05) is 31.2 Å². The van der Waals surface area contributed by atoms with Gasteiger partial charge in [-0.15, -0.1) is 0 Å². The molecule has 0 spiro atoms. The van der Waals surface area contributed by atoms with Crippen LogP contribution in [0.2, 0.25) is 0 Å². The summed E-state index contributed by atoms with van der Waals surface area (Å²) >= 11 is 0. The van der Waals surface area contributed by atoms with Gasteiger partial charge in [-0.3, -0.25) is 9.69 Å². The quantitative estimate of drug-likeness (QED) is 0.594. The normalized spacial score (nSPS) is 15.0. The fourth-order valence-corrected chi connectivity index (χ4v) is 3.10. The van der Waals surface area contributed by atoms with Crippen molar-refractivity contribution in [3.05, 3.63) is 101 Å². The lowest BCUT2D eigenvalue weighted by atomic mass is 10.1. The first-order chi connectivity index (χ1) is 14.0. The molecule has 1 aliphatic heterocycles. The van der Waals surface area contributed by atoms with Gasteiger partial charge in [0.25, 0.3) is 5.91 Å². The number of rotatable bonds is 4. The number of benzene rings is 3. The second-order valence-corrected chi connectivity index (χ2v) is 6.72. The van der Waals surface area contributed by atoms with Crippen molar-refractivity contribution in [1.82, 2.24) is 0 Å². The molecule has 3 aromatic carbocycles. The summed E-state index contributed by atoms with van der Waals surface area (Å²) in [5.41, 5.74) is 3.66. The van der Waals surface area contributed by atoms with E-state index in [2.05, 4.69) is 4.99 Å². The van der Waals surface area contributed by atoms with Crippen molar-refractivity contribution >= 4 is 23.5 Å². The molecular formula is C24H19FN2O2. The van der Waals surface area contributed by atoms with E-state index < -0.39 is 0 Å². The van der Waals surface area contributed by atoms with Gasteiger partial charge in [-0.1, -0.05) is 29.8 Å². The number of amides is 1. The Balaban J connectivity index is 1.79. The van der Waals surface area contributed by atoms with E-state index >= 15 is 0 Å². The molecule has 5 heteroatoms. The molecule has 4 rings (SSSR count). The first-order valence-electron chi connectivity index (χ1n) is 9.16. The van der Waals surface area contributed by atoms with Gasteiger partial charge in [0, 0.05) is 5.56 Å². The van der Waals surface area contributed by atoms with E-state index in [4.69, 9.17) is 4.74 Å². The number of aryl methyl sites for hydroxylation is 1. The van der Waals surface area contributed by atoms with Crippen LogP contribution in [0.15, 0.2) is 83.5 Å². The minimum absolute atomic E-state index is 0.241. The van der Waals surface area contributed by atoms with Gasteiger partial charge in [-0.25, -0.2) is 9.38 Å². The van der Waals surface area contributed by atoms with Crippen molar-refractivity contribution in [2.24, 2.45) is 4.99 Å². The topological polar surface area (TPSA) is 41.9 Å². The molecule has 0 fully saturated rings. The smallest absolute Gasteiger partial charge is 0.282 e. The molecule has 1 heterocycles. The predicted molar refractivity (Wildman–Crippen MR) is 113 cm³/mol. The van der Waals surface area contributed by atoms with E-state index in [-0.39, 0.29) is 11.7 Å². The summed E-state index contributed by atoms with van der Waals surface area (Å²) in [5.74, 6) is 0.565. The van der Waals surface area contributed by atoms with Crippen LogP contribution < -0.4 is 9.64 Å². The number of amidine groups is 1. The Morgan fingerprint density at radius 1 is 0.931 bits per heavy atom. The highest BCUT2D eigenvalue weighted by Crippen LogP contribution is 2.29. The van der Waals surface area contributed by atoms with Crippen LogP contribution in [0, 0.1) is 12.7 Å². The Morgan fingerprint density at radius 2 is 1.59 bits per heavy atom. The van der Waals surface area contributed by atoms with Crippen LogP contribution >= 0.6 is 0 Å². The number of ether oxygens (including phenoxy) is 1. The SMILES string of the molecule is COc1ccc(N2C(=O)/C(=C\c3ccc(C)cc3)N=C2c2ccc(F)cc2)cc1. The van der Waals surface area contributed by atoms with Crippen LogP contribution in [0.3, 0.4) is 0 Å². The van der Waals surface area contributed by atoms with Gasteiger partial charge in [0.05, 0.1) is 12.8 Å². The van der Waals surface area contributed by atoms with Crippen LogP contribution in [0.5, 0.6) is 5.75 Å². The monoisotopic (exact) mass is 386 g/mol. The second kappa shape index (κ2) is 7.72. The summed E-state index contributed by atoms with van der Waals surface area (Å²) in [6, 6.07) is 21.0. The number of methoxy groups -OCH3 is 1. The van der Waals surface area contributed by atoms with Gasteiger partial charge in [0.2, 0.25) is 0 Å². The van der Waals surface area contributed by atoms with Gasteiger partial charge >= 0.3 is 0 Å². The Bertz CT molecular complexity index is 1100. The zero-order valence-corrected chi connectivity index (χ0v) is 16.1. The molecule has 144 valence electrons. The number of halogens is 1. The predicted octanol–water partition coefficient (Wildman–Crippen LogP) is 4.98. The van der Waals surface area contributed by atoms with E-state index in [9.17, 15) is 9.18 Å². The maximum absolute atomic E-state index is 13.4. The highest BCUT2D eigenvalue weighted by atomic mass is 19.1. The molecule has 0 aromatic heterocycles. The molecular weight excluding hydrogens is 367 g/mol. The standard InChI is InChI=1S/C24H19FN2O2/c1-16-3-5-17(6-4-16)15-22-24(28)27(20-11-13-21(29-2)14-12-20)23(26-22)18-7-9-19(25)10-8-18/h3-15H,1-2H3/b22-15+. The van der Waals surface area contributed by atoms with Crippen LogP contribution in [-0.4, -0.2) is 18.9 Å². The van der Waals surface area contributed by atoms with Gasteiger partial charge in [-0.2, -0.15) is 0 Å². The minimum Gasteiger partial charge on any atom is -0.497 e.